The van der Waals surface area contributed by atoms with Crippen LogP contribution in [0.15, 0.2) is 30.7 Å². The van der Waals surface area contributed by atoms with Crippen molar-refractivity contribution in [3.05, 3.63) is 41.9 Å². The van der Waals surface area contributed by atoms with E-state index >= 15 is 0 Å². The molecule has 5 nitrogen and oxygen atoms in total. The maximum absolute atomic E-state index is 4.42. The van der Waals surface area contributed by atoms with E-state index in [0.717, 1.165) is 18.9 Å². The standard InChI is InChI=1S/C17H25N5/c1-20(2)17-9-15(6-7-18-17)16-5-4-8-22(13-16)12-14-10-19-21(3)11-14/h6-7,9-11,16H,4-5,8,12-13H2,1-3H3/t16-/m1/s1. The predicted molar refractivity (Wildman–Crippen MR) is 89.0 cm³/mol. The highest BCUT2D eigenvalue weighted by Crippen LogP contribution is 2.28. The number of pyridine rings is 1. The summed E-state index contributed by atoms with van der Waals surface area (Å²) in [6.45, 7) is 3.29. The maximum Gasteiger partial charge on any atom is 0.128 e. The van der Waals surface area contributed by atoms with Gasteiger partial charge in [0.2, 0.25) is 0 Å². The molecule has 2 aromatic heterocycles. The lowest BCUT2D eigenvalue weighted by Gasteiger charge is -2.33. The van der Waals surface area contributed by atoms with Crippen LogP contribution in [0, 0.1) is 0 Å². The first-order valence-corrected chi connectivity index (χ1v) is 7.95. The minimum atomic E-state index is 0.604. The van der Waals surface area contributed by atoms with Gasteiger partial charge in [0.15, 0.2) is 0 Å². The number of aryl methyl sites for hydroxylation is 1. The van der Waals surface area contributed by atoms with E-state index in [0.29, 0.717) is 5.92 Å². The Morgan fingerprint density at radius 1 is 1.36 bits per heavy atom. The van der Waals surface area contributed by atoms with E-state index in [9.17, 15) is 0 Å². The van der Waals surface area contributed by atoms with E-state index in [1.54, 1.807) is 0 Å². The van der Waals surface area contributed by atoms with Crippen LogP contribution in [-0.2, 0) is 13.6 Å². The molecule has 1 fully saturated rings. The van der Waals surface area contributed by atoms with Crippen LogP contribution in [0.2, 0.25) is 0 Å². The molecule has 0 amide bonds. The molecule has 118 valence electrons. The second-order valence-corrected chi connectivity index (χ2v) is 6.44. The SMILES string of the molecule is CN(C)c1cc([C@@H]2CCCN(Cc3cnn(C)c3)C2)ccn1. The highest BCUT2D eigenvalue weighted by molar-refractivity contribution is 5.40. The number of hydrogen-bond acceptors (Lipinski definition) is 4. The Morgan fingerprint density at radius 2 is 2.23 bits per heavy atom. The lowest BCUT2D eigenvalue weighted by atomic mass is 9.91. The summed E-state index contributed by atoms with van der Waals surface area (Å²) in [5.74, 6) is 1.65. The van der Waals surface area contributed by atoms with E-state index < -0.39 is 0 Å². The molecule has 1 atom stereocenters. The topological polar surface area (TPSA) is 37.2 Å². The van der Waals surface area contributed by atoms with Gasteiger partial charge in [-0.05, 0) is 43.0 Å². The van der Waals surface area contributed by atoms with Crippen LogP contribution in [0.25, 0.3) is 0 Å². The molecule has 1 aliphatic heterocycles. The zero-order valence-electron chi connectivity index (χ0n) is 13.7. The van der Waals surface area contributed by atoms with Crippen molar-refractivity contribution < 1.29 is 0 Å². The number of piperidine rings is 1. The fraction of sp³-hybridized carbons (Fsp3) is 0.529. The average Bonchev–Trinajstić information content (AvgIpc) is 2.93. The summed E-state index contributed by atoms with van der Waals surface area (Å²) < 4.78 is 1.88. The Bertz CT molecular complexity index is 619. The predicted octanol–water partition coefficient (Wildman–Crippen LogP) is 2.26. The zero-order chi connectivity index (χ0) is 15.5. The van der Waals surface area contributed by atoms with Gasteiger partial charge in [-0.2, -0.15) is 5.10 Å². The Morgan fingerprint density at radius 3 is 2.95 bits per heavy atom. The summed E-state index contributed by atoms with van der Waals surface area (Å²) in [6.07, 6.45) is 8.54. The van der Waals surface area contributed by atoms with Crippen molar-refractivity contribution in [3.8, 4) is 0 Å². The van der Waals surface area contributed by atoms with Crippen molar-refractivity contribution in [3.63, 3.8) is 0 Å². The van der Waals surface area contributed by atoms with Crippen LogP contribution in [0.3, 0.4) is 0 Å². The molecule has 1 aliphatic rings. The van der Waals surface area contributed by atoms with Gasteiger partial charge in [-0.25, -0.2) is 4.98 Å². The lowest BCUT2D eigenvalue weighted by molar-refractivity contribution is 0.200. The van der Waals surface area contributed by atoms with Crippen LogP contribution in [0.4, 0.5) is 5.82 Å². The van der Waals surface area contributed by atoms with Gasteiger partial charge in [-0.1, -0.05) is 0 Å². The molecular weight excluding hydrogens is 274 g/mol. The van der Waals surface area contributed by atoms with E-state index in [2.05, 4.69) is 38.2 Å². The molecule has 0 aliphatic carbocycles. The molecule has 0 aromatic carbocycles. The van der Waals surface area contributed by atoms with Crippen molar-refractivity contribution in [1.29, 1.82) is 0 Å². The molecule has 0 radical (unpaired) electrons. The van der Waals surface area contributed by atoms with Crippen molar-refractivity contribution in [2.24, 2.45) is 7.05 Å². The molecule has 5 heteroatoms. The van der Waals surface area contributed by atoms with Gasteiger partial charge < -0.3 is 4.90 Å². The molecule has 0 bridgehead atoms. The van der Waals surface area contributed by atoms with Crippen LogP contribution in [0.5, 0.6) is 0 Å². The molecule has 0 saturated carbocycles. The summed E-state index contributed by atoms with van der Waals surface area (Å²) in [5.41, 5.74) is 2.71. The zero-order valence-corrected chi connectivity index (χ0v) is 13.7. The molecule has 0 unspecified atom stereocenters. The summed E-state index contributed by atoms with van der Waals surface area (Å²) in [5, 5.41) is 4.27. The van der Waals surface area contributed by atoms with Gasteiger partial charge in [-0.3, -0.25) is 9.58 Å². The number of rotatable bonds is 4. The minimum Gasteiger partial charge on any atom is -0.363 e. The molecule has 3 heterocycles. The monoisotopic (exact) mass is 299 g/mol. The minimum absolute atomic E-state index is 0.604. The van der Waals surface area contributed by atoms with Crippen LogP contribution in [-0.4, -0.2) is 46.8 Å². The maximum atomic E-state index is 4.42. The third-order valence-corrected chi connectivity index (χ3v) is 4.37. The first-order valence-electron chi connectivity index (χ1n) is 7.95. The van der Waals surface area contributed by atoms with Crippen LogP contribution < -0.4 is 4.90 Å². The van der Waals surface area contributed by atoms with Crippen LogP contribution >= 0.6 is 0 Å². The first kappa shape index (κ1) is 15.0. The van der Waals surface area contributed by atoms with E-state index in [1.165, 1.54) is 30.5 Å². The molecule has 1 saturated heterocycles. The molecule has 22 heavy (non-hydrogen) atoms. The van der Waals surface area contributed by atoms with Gasteiger partial charge >= 0.3 is 0 Å². The number of hydrogen-bond donors (Lipinski definition) is 0. The number of nitrogens with zero attached hydrogens (tertiary/aromatic N) is 5. The van der Waals surface area contributed by atoms with Crippen molar-refractivity contribution in [2.75, 3.05) is 32.1 Å². The number of anilines is 1. The summed E-state index contributed by atoms with van der Waals surface area (Å²) >= 11 is 0. The second-order valence-electron chi connectivity index (χ2n) is 6.44. The van der Waals surface area contributed by atoms with Gasteiger partial charge in [0.1, 0.15) is 5.82 Å². The Kier molecular flexibility index (Phi) is 4.43. The lowest BCUT2D eigenvalue weighted by Crippen LogP contribution is -2.33. The van der Waals surface area contributed by atoms with Gasteiger partial charge in [-0.15, -0.1) is 0 Å². The molecule has 0 N–H and O–H groups in total. The fourth-order valence-corrected chi connectivity index (χ4v) is 3.22. The normalized spacial score (nSPS) is 19.3. The summed E-state index contributed by atoms with van der Waals surface area (Å²) in [6, 6.07) is 4.41. The molecule has 3 rings (SSSR count). The van der Waals surface area contributed by atoms with E-state index in [-0.39, 0.29) is 0 Å². The van der Waals surface area contributed by atoms with Crippen LogP contribution in [0.1, 0.15) is 29.9 Å². The smallest absolute Gasteiger partial charge is 0.128 e. The van der Waals surface area contributed by atoms with E-state index in [1.807, 2.05) is 38.2 Å². The van der Waals surface area contributed by atoms with Gasteiger partial charge in [0.05, 0.1) is 6.20 Å². The van der Waals surface area contributed by atoms with Crippen molar-refractivity contribution in [1.82, 2.24) is 19.7 Å². The van der Waals surface area contributed by atoms with Crippen molar-refractivity contribution in [2.45, 2.75) is 25.3 Å². The quantitative estimate of drug-likeness (QED) is 0.868. The molecule has 0 spiro atoms. The van der Waals surface area contributed by atoms with Gasteiger partial charge in [0, 0.05) is 52.2 Å². The average molecular weight is 299 g/mol. The Hall–Kier alpha value is -1.88. The first-order chi connectivity index (χ1) is 10.6. The van der Waals surface area contributed by atoms with E-state index in [4.69, 9.17) is 0 Å². The third kappa shape index (κ3) is 3.47. The molecular formula is C17H25N5. The fourth-order valence-electron chi connectivity index (χ4n) is 3.22. The Balaban J connectivity index is 1.68. The Labute approximate surface area is 132 Å². The van der Waals surface area contributed by atoms with Gasteiger partial charge in [0.25, 0.3) is 0 Å². The summed E-state index contributed by atoms with van der Waals surface area (Å²) in [7, 11) is 6.06. The summed E-state index contributed by atoms with van der Waals surface area (Å²) in [4.78, 5) is 9.04. The highest BCUT2D eigenvalue weighted by Gasteiger charge is 2.22. The number of likely N-dealkylation sites (tertiary alicyclic amines) is 1. The molecule has 2 aromatic rings. The third-order valence-electron chi connectivity index (χ3n) is 4.37. The second kappa shape index (κ2) is 6.48. The largest absolute Gasteiger partial charge is 0.363 e. The highest BCUT2D eigenvalue weighted by atomic mass is 15.2. The van der Waals surface area contributed by atoms with Crippen molar-refractivity contribution >= 4 is 5.82 Å². The number of aromatic nitrogens is 3.